The van der Waals surface area contributed by atoms with Crippen molar-refractivity contribution in [3.63, 3.8) is 0 Å². The third-order valence-electron chi connectivity index (χ3n) is 3.36. The topological polar surface area (TPSA) is 20.2 Å². The van der Waals surface area contributed by atoms with Gasteiger partial charge >= 0.3 is 0 Å². The van der Waals surface area contributed by atoms with E-state index in [-0.39, 0.29) is 0 Å². The third kappa shape index (κ3) is 1.21. The van der Waals surface area contributed by atoms with Crippen LogP contribution < -0.4 is 0 Å². The van der Waals surface area contributed by atoms with Crippen LogP contribution in [0.2, 0.25) is 0 Å². The molecule has 0 aliphatic heterocycles. The zero-order valence-corrected chi connectivity index (χ0v) is 10.4. The van der Waals surface area contributed by atoms with Crippen LogP contribution in [0.15, 0.2) is 54.6 Å². The van der Waals surface area contributed by atoms with Crippen molar-refractivity contribution in [2.75, 3.05) is 0 Å². The molecule has 4 aromatic rings. The van der Waals surface area contributed by atoms with E-state index in [4.69, 9.17) is 0 Å². The van der Waals surface area contributed by atoms with Crippen molar-refractivity contribution < 1.29 is 5.11 Å². The van der Waals surface area contributed by atoms with Gasteiger partial charge in [-0.05, 0) is 17.5 Å². The molecule has 0 spiro atoms. The van der Waals surface area contributed by atoms with Crippen LogP contribution in [0, 0.1) is 0 Å². The van der Waals surface area contributed by atoms with E-state index in [0.29, 0.717) is 5.75 Å². The normalized spacial score (nSPS) is 11.6. The lowest BCUT2D eigenvalue weighted by Gasteiger charge is -2.02. The van der Waals surface area contributed by atoms with Crippen molar-refractivity contribution >= 4 is 42.3 Å². The molecule has 86 valence electrons. The molecule has 0 saturated heterocycles. The number of rotatable bonds is 0. The Labute approximate surface area is 108 Å². The molecule has 18 heavy (non-hydrogen) atoms. The average molecular weight is 250 g/mol. The summed E-state index contributed by atoms with van der Waals surface area (Å²) in [6, 6.07) is 18.4. The Morgan fingerprint density at radius 2 is 1.50 bits per heavy atom. The van der Waals surface area contributed by atoms with E-state index in [1.807, 2.05) is 36.4 Å². The fourth-order valence-electron chi connectivity index (χ4n) is 2.52. The molecular formula is C16H10OS. The Morgan fingerprint density at radius 3 is 2.39 bits per heavy atom. The van der Waals surface area contributed by atoms with Crippen LogP contribution in [0.3, 0.4) is 0 Å². The maximum atomic E-state index is 10.5. The number of benzene rings is 3. The number of phenols is 1. The Balaban J connectivity index is 2.34. The molecule has 0 fully saturated rings. The monoisotopic (exact) mass is 250 g/mol. The van der Waals surface area contributed by atoms with Crippen LogP contribution in [0.1, 0.15) is 0 Å². The van der Waals surface area contributed by atoms with Crippen LogP contribution in [0.5, 0.6) is 5.75 Å². The highest BCUT2D eigenvalue weighted by molar-refractivity contribution is 7.26. The summed E-state index contributed by atoms with van der Waals surface area (Å²) < 4.78 is 2.37. The van der Waals surface area contributed by atoms with Crippen molar-refractivity contribution in [3.05, 3.63) is 54.6 Å². The molecule has 1 N–H and O–H groups in total. The summed E-state index contributed by atoms with van der Waals surface area (Å²) >= 11 is 1.73. The molecule has 1 nitrogen and oxygen atoms in total. The highest BCUT2D eigenvalue weighted by atomic mass is 32.1. The molecule has 1 heterocycles. The van der Waals surface area contributed by atoms with E-state index in [9.17, 15) is 5.11 Å². The quantitative estimate of drug-likeness (QED) is 0.470. The minimum absolute atomic E-state index is 0.403. The number of aromatic hydroxyl groups is 1. The highest BCUT2D eigenvalue weighted by Crippen LogP contribution is 2.42. The standard InChI is InChI=1S/C16H10OS/c17-16-11-6-2-1-5-10(11)9-14-15(16)12-7-3-4-8-13(12)18-14/h1-9,17H. The van der Waals surface area contributed by atoms with Gasteiger partial charge in [-0.3, -0.25) is 0 Å². The zero-order chi connectivity index (χ0) is 12.1. The largest absolute Gasteiger partial charge is 0.507 e. The third-order valence-corrected chi connectivity index (χ3v) is 4.48. The summed E-state index contributed by atoms with van der Waals surface area (Å²) in [6.07, 6.45) is 0. The first kappa shape index (κ1) is 9.92. The second-order valence-corrected chi connectivity index (χ2v) is 5.50. The number of thiophene rings is 1. The van der Waals surface area contributed by atoms with Crippen molar-refractivity contribution in [2.45, 2.75) is 0 Å². The first-order chi connectivity index (χ1) is 8.84. The van der Waals surface area contributed by atoms with Gasteiger partial charge in [0.25, 0.3) is 0 Å². The smallest absolute Gasteiger partial charge is 0.132 e. The Kier molecular flexibility index (Phi) is 1.91. The van der Waals surface area contributed by atoms with Crippen LogP contribution in [-0.4, -0.2) is 5.11 Å². The van der Waals surface area contributed by atoms with Gasteiger partial charge in [0.2, 0.25) is 0 Å². The van der Waals surface area contributed by atoms with Crippen LogP contribution in [-0.2, 0) is 0 Å². The summed E-state index contributed by atoms with van der Waals surface area (Å²) in [5.41, 5.74) is 0. The van der Waals surface area contributed by atoms with Gasteiger partial charge in [0.15, 0.2) is 0 Å². The Morgan fingerprint density at radius 1 is 0.778 bits per heavy atom. The fourth-order valence-corrected chi connectivity index (χ4v) is 3.68. The second kappa shape index (κ2) is 3.47. The van der Waals surface area contributed by atoms with Gasteiger partial charge in [-0.2, -0.15) is 0 Å². The molecule has 0 amide bonds. The fraction of sp³-hybridized carbons (Fsp3) is 0. The minimum atomic E-state index is 0.403. The highest BCUT2D eigenvalue weighted by Gasteiger charge is 2.11. The maximum Gasteiger partial charge on any atom is 0.132 e. The summed E-state index contributed by atoms with van der Waals surface area (Å²) in [5.74, 6) is 0.403. The number of hydrogen-bond donors (Lipinski definition) is 1. The molecule has 0 atom stereocenters. The predicted octanol–water partition coefficient (Wildman–Crippen LogP) is 4.91. The predicted molar refractivity (Wildman–Crippen MR) is 78.5 cm³/mol. The molecule has 2 heteroatoms. The lowest BCUT2D eigenvalue weighted by Crippen LogP contribution is -1.75. The molecule has 1 aromatic heterocycles. The zero-order valence-electron chi connectivity index (χ0n) is 9.55. The van der Waals surface area contributed by atoms with E-state index >= 15 is 0 Å². The van der Waals surface area contributed by atoms with Gasteiger partial charge < -0.3 is 5.11 Å². The Bertz CT molecular complexity index is 889. The van der Waals surface area contributed by atoms with Gasteiger partial charge in [0.1, 0.15) is 5.75 Å². The SMILES string of the molecule is Oc1c2ccccc2cc2sc3ccccc3c12. The van der Waals surface area contributed by atoms with E-state index < -0.39 is 0 Å². The lowest BCUT2D eigenvalue weighted by molar-refractivity contribution is 0.488. The summed E-state index contributed by atoms with van der Waals surface area (Å²) in [7, 11) is 0. The van der Waals surface area contributed by atoms with Crippen molar-refractivity contribution in [2.24, 2.45) is 0 Å². The van der Waals surface area contributed by atoms with Crippen LogP contribution in [0.25, 0.3) is 30.9 Å². The van der Waals surface area contributed by atoms with Crippen molar-refractivity contribution in [1.82, 2.24) is 0 Å². The minimum Gasteiger partial charge on any atom is -0.507 e. The van der Waals surface area contributed by atoms with Crippen molar-refractivity contribution in [1.29, 1.82) is 0 Å². The molecule has 0 saturated carbocycles. The van der Waals surface area contributed by atoms with Gasteiger partial charge in [-0.25, -0.2) is 0 Å². The van der Waals surface area contributed by atoms with Crippen molar-refractivity contribution in [3.8, 4) is 5.75 Å². The van der Waals surface area contributed by atoms with Gasteiger partial charge in [0, 0.05) is 25.6 Å². The van der Waals surface area contributed by atoms with Crippen LogP contribution >= 0.6 is 11.3 Å². The molecule has 3 aromatic carbocycles. The van der Waals surface area contributed by atoms with Gasteiger partial charge in [0.05, 0.1) is 0 Å². The van der Waals surface area contributed by atoms with Crippen LogP contribution in [0.4, 0.5) is 0 Å². The summed E-state index contributed by atoms with van der Waals surface area (Å²) in [5, 5.41) is 14.6. The molecule has 0 bridgehead atoms. The molecule has 4 rings (SSSR count). The van der Waals surface area contributed by atoms with E-state index in [1.165, 1.54) is 4.70 Å². The van der Waals surface area contributed by atoms with E-state index in [2.05, 4.69) is 18.2 Å². The lowest BCUT2D eigenvalue weighted by atomic mass is 10.0. The maximum absolute atomic E-state index is 10.5. The van der Waals surface area contributed by atoms with E-state index in [0.717, 1.165) is 26.2 Å². The molecular weight excluding hydrogens is 240 g/mol. The number of phenolic OH excluding ortho intramolecular Hbond substituents is 1. The number of fused-ring (bicyclic) bond motifs is 4. The average Bonchev–Trinajstić information content (AvgIpc) is 2.77. The second-order valence-electron chi connectivity index (χ2n) is 4.42. The van der Waals surface area contributed by atoms with E-state index in [1.54, 1.807) is 11.3 Å². The molecule has 0 radical (unpaired) electrons. The van der Waals surface area contributed by atoms with Gasteiger partial charge in [-0.1, -0.05) is 42.5 Å². The summed E-state index contributed by atoms with van der Waals surface area (Å²) in [4.78, 5) is 0. The molecule has 0 unspecified atom stereocenters. The number of hydrogen-bond acceptors (Lipinski definition) is 2. The Hall–Kier alpha value is -2.06. The first-order valence-electron chi connectivity index (χ1n) is 5.86. The van der Waals surface area contributed by atoms with Gasteiger partial charge in [-0.15, -0.1) is 11.3 Å². The first-order valence-corrected chi connectivity index (χ1v) is 6.68. The molecule has 0 aliphatic rings. The summed E-state index contributed by atoms with van der Waals surface area (Å²) in [6.45, 7) is 0. The molecule has 0 aliphatic carbocycles.